The standard InChI is InChI=1S/C18H27N3O/c1-20(18(22)16-7-10-19-11-8-16)17-9-12-21(14-17)13-15-5-3-2-4-6-15/h2-6,16-17,19H,7-14H2,1H3. The van der Waals surface area contributed by atoms with Crippen LogP contribution < -0.4 is 5.32 Å². The van der Waals surface area contributed by atoms with Gasteiger partial charge in [-0.25, -0.2) is 0 Å². The van der Waals surface area contributed by atoms with Crippen LogP contribution in [0.4, 0.5) is 0 Å². The molecule has 2 aliphatic heterocycles. The summed E-state index contributed by atoms with van der Waals surface area (Å²) in [5.74, 6) is 0.586. The fourth-order valence-corrected chi connectivity index (χ4v) is 3.65. The van der Waals surface area contributed by atoms with Crippen LogP contribution in [-0.4, -0.2) is 55.0 Å². The van der Waals surface area contributed by atoms with E-state index in [0.717, 1.165) is 52.0 Å². The van der Waals surface area contributed by atoms with Gasteiger partial charge in [0.25, 0.3) is 0 Å². The topological polar surface area (TPSA) is 35.6 Å². The SMILES string of the molecule is CN(C(=O)C1CCNCC1)C1CCN(Cc2ccccc2)C1. The molecule has 2 saturated heterocycles. The van der Waals surface area contributed by atoms with Crippen molar-refractivity contribution < 1.29 is 4.79 Å². The molecule has 1 N–H and O–H groups in total. The fourth-order valence-electron chi connectivity index (χ4n) is 3.65. The third kappa shape index (κ3) is 3.68. The summed E-state index contributed by atoms with van der Waals surface area (Å²) in [7, 11) is 2.00. The molecule has 0 bridgehead atoms. The van der Waals surface area contributed by atoms with Gasteiger partial charge in [-0.2, -0.15) is 0 Å². The molecule has 1 aromatic carbocycles. The second-order valence-corrected chi connectivity index (χ2v) is 6.64. The molecule has 2 heterocycles. The average molecular weight is 301 g/mol. The van der Waals surface area contributed by atoms with Crippen molar-refractivity contribution in [1.82, 2.24) is 15.1 Å². The van der Waals surface area contributed by atoms with Crippen LogP contribution in [0.2, 0.25) is 0 Å². The van der Waals surface area contributed by atoms with Crippen LogP contribution in [0, 0.1) is 5.92 Å². The van der Waals surface area contributed by atoms with Gasteiger partial charge in [0.1, 0.15) is 0 Å². The number of likely N-dealkylation sites (N-methyl/N-ethyl adjacent to an activating group) is 1. The molecule has 4 nitrogen and oxygen atoms in total. The first kappa shape index (κ1) is 15.5. The molecule has 0 radical (unpaired) electrons. The molecule has 120 valence electrons. The summed E-state index contributed by atoms with van der Waals surface area (Å²) in [4.78, 5) is 17.1. The number of carbonyl (C=O) groups is 1. The number of carbonyl (C=O) groups excluding carboxylic acids is 1. The molecule has 3 rings (SSSR count). The van der Waals surface area contributed by atoms with E-state index in [4.69, 9.17) is 0 Å². The second-order valence-electron chi connectivity index (χ2n) is 6.64. The van der Waals surface area contributed by atoms with Crippen molar-refractivity contribution in [1.29, 1.82) is 0 Å². The van der Waals surface area contributed by atoms with E-state index in [1.807, 2.05) is 11.9 Å². The first-order valence-corrected chi connectivity index (χ1v) is 8.47. The Balaban J connectivity index is 1.52. The van der Waals surface area contributed by atoms with Gasteiger partial charge in [0.2, 0.25) is 5.91 Å². The van der Waals surface area contributed by atoms with Gasteiger partial charge in [-0.15, -0.1) is 0 Å². The molecular weight excluding hydrogens is 274 g/mol. The lowest BCUT2D eigenvalue weighted by molar-refractivity contribution is -0.136. The van der Waals surface area contributed by atoms with E-state index in [1.165, 1.54) is 5.56 Å². The zero-order valence-electron chi connectivity index (χ0n) is 13.5. The number of nitrogens with zero attached hydrogens (tertiary/aromatic N) is 2. The van der Waals surface area contributed by atoms with Gasteiger partial charge >= 0.3 is 0 Å². The molecule has 0 aliphatic carbocycles. The monoisotopic (exact) mass is 301 g/mol. The highest BCUT2D eigenvalue weighted by Crippen LogP contribution is 2.21. The first-order chi connectivity index (χ1) is 10.7. The van der Waals surface area contributed by atoms with Gasteiger partial charge in [-0.3, -0.25) is 9.69 Å². The summed E-state index contributed by atoms with van der Waals surface area (Å²) in [6, 6.07) is 11.0. The third-order valence-corrected chi connectivity index (χ3v) is 5.08. The number of benzene rings is 1. The number of piperidine rings is 1. The Kier molecular flexibility index (Phi) is 5.11. The van der Waals surface area contributed by atoms with Gasteiger partial charge in [-0.05, 0) is 37.9 Å². The zero-order chi connectivity index (χ0) is 15.4. The van der Waals surface area contributed by atoms with Crippen molar-refractivity contribution in [3.05, 3.63) is 35.9 Å². The van der Waals surface area contributed by atoms with Crippen LogP contribution in [0.15, 0.2) is 30.3 Å². The molecule has 0 spiro atoms. The smallest absolute Gasteiger partial charge is 0.225 e. The maximum atomic E-state index is 12.6. The summed E-state index contributed by atoms with van der Waals surface area (Å²) in [5, 5.41) is 3.33. The van der Waals surface area contributed by atoms with Gasteiger partial charge in [0, 0.05) is 38.6 Å². The number of hydrogen-bond donors (Lipinski definition) is 1. The van der Waals surface area contributed by atoms with Crippen LogP contribution in [0.1, 0.15) is 24.8 Å². The summed E-state index contributed by atoms with van der Waals surface area (Å²) in [6.07, 6.45) is 3.08. The Morgan fingerprint density at radius 2 is 1.95 bits per heavy atom. The molecule has 1 aromatic rings. The van der Waals surface area contributed by atoms with E-state index in [-0.39, 0.29) is 5.92 Å². The van der Waals surface area contributed by atoms with E-state index in [0.29, 0.717) is 11.9 Å². The molecule has 2 aliphatic rings. The number of likely N-dealkylation sites (tertiary alicyclic amines) is 1. The van der Waals surface area contributed by atoms with Crippen molar-refractivity contribution in [2.24, 2.45) is 5.92 Å². The first-order valence-electron chi connectivity index (χ1n) is 8.47. The van der Waals surface area contributed by atoms with E-state index in [1.54, 1.807) is 0 Å². The molecule has 1 unspecified atom stereocenters. The second kappa shape index (κ2) is 7.25. The molecule has 22 heavy (non-hydrogen) atoms. The van der Waals surface area contributed by atoms with Crippen LogP contribution in [0.25, 0.3) is 0 Å². The minimum Gasteiger partial charge on any atom is -0.341 e. The van der Waals surface area contributed by atoms with Crippen molar-refractivity contribution in [3.63, 3.8) is 0 Å². The average Bonchev–Trinajstić information content (AvgIpc) is 3.04. The third-order valence-electron chi connectivity index (χ3n) is 5.08. The summed E-state index contributed by atoms with van der Waals surface area (Å²) in [5.41, 5.74) is 1.36. The molecule has 4 heteroatoms. The Hall–Kier alpha value is -1.39. The lowest BCUT2D eigenvalue weighted by Gasteiger charge is -2.31. The summed E-state index contributed by atoms with van der Waals surface area (Å²) >= 11 is 0. The van der Waals surface area contributed by atoms with Crippen LogP contribution >= 0.6 is 0 Å². The lowest BCUT2D eigenvalue weighted by Crippen LogP contribution is -2.44. The summed E-state index contributed by atoms with van der Waals surface area (Å²) < 4.78 is 0. The largest absolute Gasteiger partial charge is 0.341 e. The van der Waals surface area contributed by atoms with E-state index >= 15 is 0 Å². The quantitative estimate of drug-likeness (QED) is 0.920. The van der Waals surface area contributed by atoms with Crippen LogP contribution in [0.5, 0.6) is 0 Å². The number of rotatable bonds is 4. The summed E-state index contributed by atoms with van der Waals surface area (Å²) in [6.45, 7) is 5.04. The Labute approximate surface area is 133 Å². The highest BCUT2D eigenvalue weighted by atomic mass is 16.2. The molecule has 1 atom stereocenters. The molecule has 1 amide bonds. The van der Waals surface area contributed by atoms with Crippen LogP contribution in [-0.2, 0) is 11.3 Å². The van der Waals surface area contributed by atoms with E-state index in [9.17, 15) is 4.79 Å². The van der Waals surface area contributed by atoms with Gasteiger partial charge in [0.15, 0.2) is 0 Å². The Bertz CT molecular complexity index is 484. The van der Waals surface area contributed by atoms with Crippen molar-refractivity contribution in [3.8, 4) is 0 Å². The normalized spacial score (nSPS) is 23.6. The maximum Gasteiger partial charge on any atom is 0.225 e. The van der Waals surface area contributed by atoms with Gasteiger partial charge < -0.3 is 10.2 Å². The lowest BCUT2D eigenvalue weighted by atomic mass is 9.96. The minimum absolute atomic E-state index is 0.231. The van der Waals surface area contributed by atoms with Crippen molar-refractivity contribution >= 4 is 5.91 Å². The van der Waals surface area contributed by atoms with Crippen LogP contribution in [0.3, 0.4) is 0 Å². The molecular formula is C18H27N3O. The van der Waals surface area contributed by atoms with Gasteiger partial charge in [-0.1, -0.05) is 30.3 Å². The van der Waals surface area contributed by atoms with Crippen molar-refractivity contribution in [2.75, 3.05) is 33.2 Å². The maximum absolute atomic E-state index is 12.6. The van der Waals surface area contributed by atoms with E-state index < -0.39 is 0 Å². The number of hydrogen-bond acceptors (Lipinski definition) is 3. The molecule has 0 saturated carbocycles. The van der Waals surface area contributed by atoms with Crippen molar-refractivity contribution in [2.45, 2.75) is 31.8 Å². The minimum atomic E-state index is 0.231. The number of amides is 1. The predicted octanol–water partition coefficient (Wildman–Crippen LogP) is 1.72. The Morgan fingerprint density at radius 1 is 1.23 bits per heavy atom. The highest BCUT2D eigenvalue weighted by Gasteiger charge is 2.32. The van der Waals surface area contributed by atoms with E-state index in [2.05, 4.69) is 40.5 Å². The zero-order valence-corrected chi connectivity index (χ0v) is 13.5. The fraction of sp³-hybridized carbons (Fsp3) is 0.611. The van der Waals surface area contributed by atoms with Gasteiger partial charge in [0.05, 0.1) is 0 Å². The predicted molar refractivity (Wildman–Crippen MR) is 88.5 cm³/mol. The number of nitrogens with one attached hydrogen (secondary N) is 1. The molecule has 2 fully saturated rings. The Morgan fingerprint density at radius 3 is 2.68 bits per heavy atom. The highest BCUT2D eigenvalue weighted by molar-refractivity contribution is 5.79. The molecule has 0 aromatic heterocycles.